The Morgan fingerprint density at radius 1 is 1.21 bits per heavy atom. The van der Waals surface area contributed by atoms with Crippen LogP contribution < -0.4 is 16.0 Å². The predicted molar refractivity (Wildman–Crippen MR) is 130 cm³/mol. The number of nitrogens with zero attached hydrogens (tertiary/aromatic N) is 3. The van der Waals surface area contributed by atoms with Gasteiger partial charge in [-0.1, -0.05) is 32.1 Å². The Morgan fingerprint density at radius 3 is 2.62 bits per heavy atom. The second kappa shape index (κ2) is 10.6. The maximum absolute atomic E-state index is 13.5. The molecule has 0 unspecified atom stereocenters. The maximum Gasteiger partial charge on any atom is 0.433 e. The van der Waals surface area contributed by atoms with Gasteiger partial charge in [-0.15, -0.1) is 0 Å². The number of hydrogen-bond donors (Lipinski definition) is 4. The van der Waals surface area contributed by atoms with Gasteiger partial charge in [-0.3, -0.25) is 15.5 Å². The standard InChI is InChI=1S/C24H32F3N7/c25-24(26,27)23(29)18(14-28)19(7-6-16-4-2-1-3-5-16)32-21-12-17-15-31-33-20(17)13-22(21)34-10-8-30-9-11-34/h12-16,29-30H,1-11,28H2,(H,31,33)/b18-14-,29-23?,32-19+. The Balaban J connectivity index is 1.75. The van der Waals surface area contributed by atoms with Crippen LogP contribution in [0.5, 0.6) is 0 Å². The SMILES string of the molecule is N=C(C(=C\N)/C(CCC1CCCCC1)=N/c1cc2cn[nH]c2cc1N1CCNCC1)C(F)(F)F. The van der Waals surface area contributed by atoms with Crippen molar-refractivity contribution in [2.75, 3.05) is 31.1 Å². The van der Waals surface area contributed by atoms with Gasteiger partial charge < -0.3 is 16.0 Å². The lowest BCUT2D eigenvalue weighted by atomic mass is 9.84. The van der Waals surface area contributed by atoms with Crippen molar-refractivity contribution in [2.45, 2.75) is 51.1 Å². The summed E-state index contributed by atoms with van der Waals surface area (Å²) in [7, 11) is 0. The number of allylic oxidation sites excluding steroid dienone is 1. The van der Waals surface area contributed by atoms with Crippen molar-refractivity contribution >= 4 is 33.7 Å². The first kappa shape index (κ1) is 24.3. The third kappa shape index (κ3) is 5.60. The van der Waals surface area contributed by atoms with Crippen LogP contribution in [-0.2, 0) is 0 Å². The third-order valence-corrected chi connectivity index (χ3v) is 6.79. The van der Waals surface area contributed by atoms with Gasteiger partial charge in [0.2, 0.25) is 0 Å². The van der Waals surface area contributed by atoms with Crippen LogP contribution in [0, 0.1) is 11.3 Å². The van der Waals surface area contributed by atoms with Crippen LogP contribution in [0.4, 0.5) is 24.5 Å². The van der Waals surface area contributed by atoms with Crippen molar-refractivity contribution in [3.05, 3.63) is 30.1 Å². The zero-order valence-electron chi connectivity index (χ0n) is 19.2. The predicted octanol–water partition coefficient (Wildman–Crippen LogP) is 4.83. The average molecular weight is 476 g/mol. The molecule has 184 valence electrons. The van der Waals surface area contributed by atoms with Crippen LogP contribution in [0.2, 0.25) is 0 Å². The van der Waals surface area contributed by atoms with Gasteiger partial charge in [0, 0.05) is 43.3 Å². The monoisotopic (exact) mass is 475 g/mol. The maximum atomic E-state index is 13.5. The van der Waals surface area contributed by atoms with E-state index in [0.29, 0.717) is 18.0 Å². The molecular weight excluding hydrogens is 443 g/mol. The number of nitrogens with one attached hydrogen (secondary N) is 3. The number of aromatic amines is 1. The number of rotatable bonds is 7. The van der Waals surface area contributed by atoms with Crippen LogP contribution in [0.1, 0.15) is 44.9 Å². The Hall–Kier alpha value is -2.88. The molecule has 5 N–H and O–H groups in total. The number of halogens is 3. The van der Waals surface area contributed by atoms with Crippen molar-refractivity contribution < 1.29 is 13.2 Å². The second-order valence-corrected chi connectivity index (χ2v) is 9.09. The smallest absolute Gasteiger partial charge is 0.404 e. The zero-order chi connectivity index (χ0) is 24.1. The van der Waals surface area contributed by atoms with Crippen molar-refractivity contribution in [3.63, 3.8) is 0 Å². The number of aliphatic imine (C=N–C) groups is 1. The molecule has 0 atom stereocenters. The molecule has 1 saturated heterocycles. The topological polar surface area (TPSA) is 106 Å². The van der Waals surface area contributed by atoms with E-state index >= 15 is 0 Å². The van der Waals surface area contributed by atoms with Crippen molar-refractivity contribution in [1.82, 2.24) is 15.5 Å². The summed E-state index contributed by atoms with van der Waals surface area (Å²) in [6, 6.07) is 3.80. The summed E-state index contributed by atoms with van der Waals surface area (Å²) in [6.45, 7) is 3.14. The fourth-order valence-corrected chi connectivity index (χ4v) is 4.91. The van der Waals surface area contributed by atoms with Crippen LogP contribution in [0.3, 0.4) is 0 Å². The minimum Gasteiger partial charge on any atom is -0.404 e. The molecule has 7 nitrogen and oxygen atoms in total. The second-order valence-electron chi connectivity index (χ2n) is 9.09. The minimum absolute atomic E-state index is 0.217. The normalized spacial score (nSPS) is 19.1. The van der Waals surface area contributed by atoms with E-state index in [4.69, 9.17) is 16.1 Å². The number of H-pyrrole nitrogens is 1. The van der Waals surface area contributed by atoms with Gasteiger partial charge in [0.25, 0.3) is 0 Å². The number of fused-ring (bicyclic) bond motifs is 1. The van der Waals surface area contributed by atoms with Crippen LogP contribution in [-0.4, -0.2) is 54.0 Å². The fourth-order valence-electron chi connectivity index (χ4n) is 4.91. The highest BCUT2D eigenvalue weighted by molar-refractivity contribution is 6.25. The first-order valence-corrected chi connectivity index (χ1v) is 12.0. The Labute approximate surface area is 197 Å². The van der Waals surface area contributed by atoms with Gasteiger partial charge in [0.15, 0.2) is 0 Å². The molecule has 1 saturated carbocycles. The first-order valence-electron chi connectivity index (χ1n) is 12.0. The molecule has 1 aliphatic heterocycles. The average Bonchev–Trinajstić information content (AvgIpc) is 3.30. The molecule has 10 heteroatoms. The summed E-state index contributed by atoms with van der Waals surface area (Å²) < 4.78 is 40.5. The minimum atomic E-state index is -4.80. The molecule has 0 spiro atoms. The van der Waals surface area contributed by atoms with E-state index in [2.05, 4.69) is 20.4 Å². The van der Waals surface area contributed by atoms with Crippen LogP contribution in [0.25, 0.3) is 10.9 Å². The molecule has 2 fully saturated rings. The van der Waals surface area contributed by atoms with E-state index in [9.17, 15) is 13.2 Å². The molecule has 4 rings (SSSR count). The lowest BCUT2D eigenvalue weighted by Gasteiger charge is -2.30. The largest absolute Gasteiger partial charge is 0.433 e. The molecule has 34 heavy (non-hydrogen) atoms. The van der Waals surface area contributed by atoms with Gasteiger partial charge >= 0.3 is 6.18 Å². The molecule has 2 heterocycles. The number of benzene rings is 1. The lowest BCUT2D eigenvalue weighted by molar-refractivity contribution is -0.0587. The molecule has 0 amide bonds. The molecule has 0 radical (unpaired) electrons. The highest BCUT2D eigenvalue weighted by Gasteiger charge is 2.38. The van der Waals surface area contributed by atoms with Gasteiger partial charge in [-0.25, -0.2) is 0 Å². The van der Waals surface area contributed by atoms with Crippen molar-refractivity contribution in [3.8, 4) is 0 Å². The molecule has 1 aromatic carbocycles. The van der Waals surface area contributed by atoms with E-state index in [0.717, 1.165) is 81.1 Å². The summed E-state index contributed by atoms with van der Waals surface area (Å²) in [4.78, 5) is 6.95. The fraction of sp³-hybridized carbons (Fsp3) is 0.542. The molecule has 1 aromatic heterocycles. The number of aromatic nitrogens is 2. The van der Waals surface area contributed by atoms with Gasteiger partial charge in [0.05, 0.1) is 28.8 Å². The Bertz CT molecular complexity index is 1060. The van der Waals surface area contributed by atoms with E-state index in [-0.39, 0.29) is 11.3 Å². The number of hydrogen-bond acceptors (Lipinski definition) is 6. The number of piperazine rings is 1. The Morgan fingerprint density at radius 2 is 1.94 bits per heavy atom. The lowest BCUT2D eigenvalue weighted by Crippen LogP contribution is -2.43. The summed E-state index contributed by atoms with van der Waals surface area (Å²) in [6.07, 6.45) is 4.52. The quantitative estimate of drug-likeness (QED) is 0.430. The summed E-state index contributed by atoms with van der Waals surface area (Å²) >= 11 is 0. The van der Waals surface area contributed by atoms with E-state index < -0.39 is 11.9 Å². The van der Waals surface area contributed by atoms with E-state index in [1.54, 1.807) is 6.20 Å². The van der Waals surface area contributed by atoms with Crippen LogP contribution in [0.15, 0.2) is 35.1 Å². The summed E-state index contributed by atoms with van der Waals surface area (Å²) in [5.74, 6) is 0.460. The van der Waals surface area contributed by atoms with Crippen molar-refractivity contribution in [1.29, 1.82) is 5.41 Å². The summed E-state index contributed by atoms with van der Waals surface area (Å²) in [5, 5.41) is 19.0. The van der Waals surface area contributed by atoms with Crippen molar-refractivity contribution in [2.24, 2.45) is 16.6 Å². The highest BCUT2D eigenvalue weighted by Crippen LogP contribution is 2.36. The van der Waals surface area contributed by atoms with E-state index in [1.165, 1.54) is 6.42 Å². The molecule has 2 aromatic rings. The number of anilines is 1. The molecule has 1 aliphatic carbocycles. The molecular formula is C24H32F3N7. The van der Waals surface area contributed by atoms with Gasteiger partial charge in [0.1, 0.15) is 5.71 Å². The molecule has 0 bridgehead atoms. The highest BCUT2D eigenvalue weighted by atomic mass is 19.4. The van der Waals surface area contributed by atoms with Gasteiger partial charge in [-0.2, -0.15) is 18.3 Å². The first-order chi connectivity index (χ1) is 16.4. The zero-order valence-corrected chi connectivity index (χ0v) is 19.2. The molecule has 2 aliphatic rings. The summed E-state index contributed by atoms with van der Waals surface area (Å²) in [5.41, 5.74) is 6.34. The van der Waals surface area contributed by atoms with Gasteiger partial charge in [-0.05, 0) is 30.9 Å². The number of alkyl halides is 3. The van der Waals surface area contributed by atoms with E-state index in [1.807, 2.05) is 12.1 Å². The van der Waals surface area contributed by atoms with Crippen LogP contribution >= 0.6 is 0 Å². The number of nitrogens with two attached hydrogens (primary N) is 1. The third-order valence-electron chi connectivity index (χ3n) is 6.79. The Kier molecular flexibility index (Phi) is 7.55.